The average Bonchev–Trinajstić information content (AvgIpc) is 2.98. The van der Waals surface area contributed by atoms with E-state index in [1.165, 1.54) is 19.3 Å². The van der Waals surface area contributed by atoms with Crippen molar-refractivity contribution in [1.29, 1.82) is 0 Å². The second-order valence-electron chi connectivity index (χ2n) is 5.54. The van der Waals surface area contributed by atoms with E-state index in [-0.39, 0.29) is 12.0 Å². The Kier molecular flexibility index (Phi) is 5.01. The molecule has 2 saturated heterocycles. The van der Waals surface area contributed by atoms with Gasteiger partial charge < -0.3 is 15.0 Å². The number of nitrogens with zero attached hydrogens (tertiary/aromatic N) is 1. The number of likely N-dealkylation sites (tertiary alicyclic amines) is 1. The summed E-state index contributed by atoms with van der Waals surface area (Å²) in [5.74, 6) is 1.06. The summed E-state index contributed by atoms with van der Waals surface area (Å²) in [6.45, 7) is 8.36. The molecule has 2 aliphatic rings. The maximum atomic E-state index is 12.5. The average molecular weight is 254 g/mol. The fourth-order valence-corrected chi connectivity index (χ4v) is 3.17. The van der Waals surface area contributed by atoms with E-state index in [1.54, 1.807) is 0 Å². The summed E-state index contributed by atoms with van der Waals surface area (Å²) in [7, 11) is 0. The molecule has 4 heteroatoms. The van der Waals surface area contributed by atoms with E-state index in [4.69, 9.17) is 4.74 Å². The van der Waals surface area contributed by atoms with Gasteiger partial charge in [0.1, 0.15) is 0 Å². The summed E-state index contributed by atoms with van der Waals surface area (Å²) in [4.78, 5) is 14.5. The Hall–Kier alpha value is -0.610. The van der Waals surface area contributed by atoms with Gasteiger partial charge >= 0.3 is 0 Å². The Bertz CT molecular complexity index is 283. The predicted octanol–water partition coefficient (Wildman–Crippen LogP) is 1.26. The van der Waals surface area contributed by atoms with E-state index in [9.17, 15) is 4.79 Å². The van der Waals surface area contributed by atoms with Gasteiger partial charge in [-0.25, -0.2) is 0 Å². The molecule has 2 heterocycles. The maximum absolute atomic E-state index is 12.5. The molecule has 2 fully saturated rings. The van der Waals surface area contributed by atoms with E-state index in [0.29, 0.717) is 19.1 Å². The molecule has 2 rings (SSSR count). The van der Waals surface area contributed by atoms with E-state index in [2.05, 4.69) is 24.1 Å². The number of rotatable bonds is 5. The van der Waals surface area contributed by atoms with Crippen LogP contribution in [0.4, 0.5) is 0 Å². The number of likely N-dealkylation sites (N-methyl/N-ethyl adjacent to an activating group) is 1. The van der Waals surface area contributed by atoms with Gasteiger partial charge in [-0.15, -0.1) is 0 Å². The van der Waals surface area contributed by atoms with Gasteiger partial charge in [-0.3, -0.25) is 4.79 Å². The summed E-state index contributed by atoms with van der Waals surface area (Å²) < 4.78 is 5.47. The summed E-state index contributed by atoms with van der Waals surface area (Å²) in [6, 6.07) is 0.215. The van der Waals surface area contributed by atoms with Gasteiger partial charge in [0.25, 0.3) is 0 Å². The Balaban J connectivity index is 1.87. The van der Waals surface area contributed by atoms with Gasteiger partial charge in [-0.2, -0.15) is 0 Å². The van der Waals surface area contributed by atoms with E-state index < -0.39 is 0 Å². The van der Waals surface area contributed by atoms with Crippen molar-refractivity contribution < 1.29 is 9.53 Å². The minimum Gasteiger partial charge on any atom is -0.379 e. The fourth-order valence-electron chi connectivity index (χ4n) is 3.17. The van der Waals surface area contributed by atoms with Crippen LogP contribution in [0.15, 0.2) is 0 Å². The first-order valence-corrected chi connectivity index (χ1v) is 7.36. The summed E-state index contributed by atoms with van der Waals surface area (Å²) in [5.41, 5.74) is 0. The van der Waals surface area contributed by atoms with Crippen molar-refractivity contribution >= 4 is 5.91 Å². The zero-order chi connectivity index (χ0) is 13.0. The molecule has 0 radical (unpaired) electrons. The number of nitrogens with one attached hydrogen (secondary N) is 1. The zero-order valence-electron chi connectivity index (χ0n) is 11.7. The number of amides is 1. The highest BCUT2D eigenvalue weighted by atomic mass is 16.5. The molecule has 1 amide bonds. The molecule has 0 saturated carbocycles. The molecule has 0 aromatic rings. The van der Waals surface area contributed by atoms with Gasteiger partial charge in [0.2, 0.25) is 5.91 Å². The highest BCUT2D eigenvalue weighted by molar-refractivity contribution is 5.80. The third-order valence-corrected chi connectivity index (χ3v) is 4.16. The van der Waals surface area contributed by atoms with Crippen LogP contribution in [-0.2, 0) is 9.53 Å². The molecule has 3 atom stereocenters. The topological polar surface area (TPSA) is 41.6 Å². The van der Waals surface area contributed by atoms with Crippen LogP contribution < -0.4 is 5.32 Å². The van der Waals surface area contributed by atoms with Crippen LogP contribution in [0.25, 0.3) is 0 Å². The molecule has 104 valence electrons. The first-order chi connectivity index (χ1) is 8.76. The highest BCUT2D eigenvalue weighted by Gasteiger charge is 2.38. The standard InChI is InChI=1S/C14H26N2O2/c1-3-5-11-6-7-16(8-11)14(17)12-9-18-10-13(12)15-4-2/h11-13,15H,3-10H2,1-2H3. The Morgan fingerprint density at radius 3 is 2.94 bits per heavy atom. The second kappa shape index (κ2) is 6.53. The zero-order valence-corrected chi connectivity index (χ0v) is 11.7. The number of carbonyl (C=O) groups excluding carboxylic acids is 1. The van der Waals surface area contributed by atoms with Crippen LogP contribution in [0.3, 0.4) is 0 Å². The van der Waals surface area contributed by atoms with Crippen LogP contribution in [-0.4, -0.2) is 49.7 Å². The van der Waals surface area contributed by atoms with Gasteiger partial charge in [0.15, 0.2) is 0 Å². The predicted molar refractivity (Wildman–Crippen MR) is 71.4 cm³/mol. The van der Waals surface area contributed by atoms with Crippen LogP contribution in [0.2, 0.25) is 0 Å². The van der Waals surface area contributed by atoms with Crippen LogP contribution in [0, 0.1) is 11.8 Å². The van der Waals surface area contributed by atoms with E-state index >= 15 is 0 Å². The van der Waals surface area contributed by atoms with Gasteiger partial charge in [0, 0.05) is 19.1 Å². The molecule has 0 aromatic carbocycles. The smallest absolute Gasteiger partial charge is 0.229 e. The minimum absolute atomic E-state index is 0.0327. The lowest BCUT2D eigenvalue weighted by atomic mass is 10.0. The Morgan fingerprint density at radius 1 is 1.39 bits per heavy atom. The fraction of sp³-hybridized carbons (Fsp3) is 0.929. The first kappa shape index (κ1) is 13.8. The summed E-state index contributed by atoms with van der Waals surface area (Å²) >= 11 is 0. The van der Waals surface area contributed by atoms with Crippen molar-refractivity contribution in [1.82, 2.24) is 10.2 Å². The molecular weight excluding hydrogens is 228 g/mol. The molecule has 1 N–H and O–H groups in total. The van der Waals surface area contributed by atoms with E-state index in [0.717, 1.165) is 25.6 Å². The van der Waals surface area contributed by atoms with Crippen molar-refractivity contribution in [2.75, 3.05) is 32.8 Å². The summed E-state index contributed by atoms with van der Waals surface area (Å²) in [5, 5.41) is 3.36. The molecule has 0 aliphatic carbocycles. The van der Waals surface area contributed by atoms with Gasteiger partial charge in [0.05, 0.1) is 19.1 Å². The SMILES string of the molecule is CCCC1CCN(C(=O)C2COCC2NCC)C1. The normalized spacial score (nSPS) is 32.1. The van der Waals surface area contributed by atoms with Crippen molar-refractivity contribution in [3.05, 3.63) is 0 Å². The lowest BCUT2D eigenvalue weighted by Crippen LogP contribution is -2.45. The monoisotopic (exact) mass is 254 g/mol. The maximum Gasteiger partial charge on any atom is 0.229 e. The van der Waals surface area contributed by atoms with Crippen LogP contribution >= 0.6 is 0 Å². The van der Waals surface area contributed by atoms with Crippen molar-refractivity contribution in [3.63, 3.8) is 0 Å². The largest absolute Gasteiger partial charge is 0.379 e. The second-order valence-corrected chi connectivity index (χ2v) is 5.54. The van der Waals surface area contributed by atoms with E-state index in [1.807, 2.05) is 0 Å². The molecule has 3 unspecified atom stereocenters. The molecule has 18 heavy (non-hydrogen) atoms. The Labute approximate surface area is 110 Å². The van der Waals surface area contributed by atoms with Crippen LogP contribution in [0.5, 0.6) is 0 Å². The molecule has 0 aromatic heterocycles. The molecular formula is C14H26N2O2. The number of hydrogen-bond donors (Lipinski definition) is 1. The third-order valence-electron chi connectivity index (χ3n) is 4.16. The van der Waals surface area contributed by atoms with Crippen molar-refractivity contribution in [2.45, 2.75) is 39.2 Å². The quantitative estimate of drug-likeness (QED) is 0.803. The lowest BCUT2D eigenvalue weighted by molar-refractivity contribution is -0.135. The number of carbonyl (C=O) groups is 1. The minimum atomic E-state index is 0.0327. The van der Waals surface area contributed by atoms with Crippen LogP contribution in [0.1, 0.15) is 33.1 Å². The van der Waals surface area contributed by atoms with Gasteiger partial charge in [-0.05, 0) is 25.3 Å². The lowest BCUT2D eigenvalue weighted by Gasteiger charge is -2.24. The molecule has 2 aliphatic heterocycles. The molecule has 4 nitrogen and oxygen atoms in total. The van der Waals surface area contributed by atoms with Gasteiger partial charge in [-0.1, -0.05) is 20.3 Å². The number of ether oxygens (including phenoxy) is 1. The Morgan fingerprint density at radius 2 is 2.22 bits per heavy atom. The number of hydrogen-bond acceptors (Lipinski definition) is 3. The summed E-state index contributed by atoms with van der Waals surface area (Å²) in [6.07, 6.45) is 3.65. The van der Waals surface area contributed by atoms with Crippen molar-refractivity contribution in [3.8, 4) is 0 Å². The molecule has 0 bridgehead atoms. The van der Waals surface area contributed by atoms with Crippen molar-refractivity contribution in [2.24, 2.45) is 11.8 Å². The molecule has 0 spiro atoms. The first-order valence-electron chi connectivity index (χ1n) is 7.36. The third kappa shape index (κ3) is 3.04. The highest BCUT2D eigenvalue weighted by Crippen LogP contribution is 2.25.